The van der Waals surface area contributed by atoms with E-state index in [1.807, 2.05) is 0 Å². The topological polar surface area (TPSA) is 16.4 Å². The van der Waals surface area contributed by atoms with Crippen molar-refractivity contribution in [2.24, 2.45) is 40.4 Å². The lowest BCUT2D eigenvalue weighted by Crippen LogP contribution is -2.66. The quantitative estimate of drug-likeness (QED) is 0.166. The average Bonchev–Trinajstić information content (AvgIpc) is 3.74. The van der Waals surface area contributed by atoms with Crippen LogP contribution in [0.1, 0.15) is 69.6 Å². The lowest BCUT2D eigenvalue weighted by Gasteiger charge is -2.70. The summed E-state index contributed by atoms with van der Waals surface area (Å²) in [5.74, 6) is 3.43. The van der Waals surface area contributed by atoms with E-state index in [4.69, 9.17) is 4.42 Å². The van der Waals surface area contributed by atoms with Gasteiger partial charge in [-0.1, -0.05) is 148 Å². The van der Waals surface area contributed by atoms with Crippen LogP contribution < -0.4 is 4.90 Å². The first-order chi connectivity index (χ1) is 32.3. The van der Waals surface area contributed by atoms with Crippen molar-refractivity contribution in [3.05, 3.63) is 193 Å². The van der Waals surface area contributed by atoms with Crippen LogP contribution in [0.2, 0.25) is 0 Å². The first-order valence-electron chi connectivity index (χ1n) is 24.6. The van der Waals surface area contributed by atoms with Crippen molar-refractivity contribution in [1.82, 2.24) is 0 Å². The Kier molecular flexibility index (Phi) is 8.45. The molecule has 4 saturated carbocycles. The summed E-state index contributed by atoms with van der Waals surface area (Å²) in [5.41, 5.74) is 16.5. The summed E-state index contributed by atoms with van der Waals surface area (Å²) in [6, 6.07) is 61.1. The smallest absolute Gasteiger partial charge is 0.137 e. The number of thioether (sulfide) groups is 1. The van der Waals surface area contributed by atoms with Gasteiger partial charge < -0.3 is 9.32 Å². The molecule has 0 N–H and O–H groups in total. The summed E-state index contributed by atoms with van der Waals surface area (Å²) < 4.78 is 6.69. The van der Waals surface area contributed by atoms with Crippen LogP contribution in [0.25, 0.3) is 55.8 Å². The van der Waals surface area contributed by atoms with Crippen molar-refractivity contribution >= 4 is 62.4 Å². The fourth-order valence-electron chi connectivity index (χ4n) is 15.4. The van der Waals surface area contributed by atoms with Crippen molar-refractivity contribution in [2.75, 3.05) is 4.90 Å². The molecule has 15 rings (SSSR count). The Morgan fingerprint density at radius 1 is 0.576 bits per heavy atom. The van der Waals surface area contributed by atoms with Gasteiger partial charge in [0.1, 0.15) is 11.2 Å². The fourth-order valence-corrected chi connectivity index (χ4v) is 16.7. The van der Waals surface area contributed by atoms with E-state index in [0.717, 1.165) is 45.1 Å². The molecule has 7 aliphatic rings. The highest BCUT2D eigenvalue weighted by molar-refractivity contribution is 8.00. The molecule has 2 nitrogen and oxygen atoms in total. The van der Waals surface area contributed by atoms with E-state index in [-0.39, 0.29) is 16.2 Å². The number of rotatable bonds is 6. The van der Waals surface area contributed by atoms with Crippen LogP contribution in [0.4, 0.5) is 17.1 Å². The Morgan fingerprint density at radius 3 is 1.94 bits per heavy atom. The van der Waals surface area contributed by atoms with E-state index < -0.39 is 0 Å². The van der Waals surface area contributed by atoms with Gasteiger partial charge in [0, 0.05) is 60.2 Å². The molecule has 3 heteroatoms. The molecule has 324 valence electrons. The summed E-state index contributed by atoms with van der Waals surface area (Å²) in [6.07, 6.45) is 14.8. The molecule has 8 aromatic rings. The highest BCUT2D eigenvalue weighted by atomic mass is 32.2. The third-order valence-electron chi connectivity index (χ3n) is 18.2. The van der Waals surface area contributed by atoms with Crippen LogP contribution in [0.3, 0.4) is 0 Å². The second kappa shape index (κ2) is 14.2. The lowest BCUT2D eigenvalue weighted by atomic mass is 9.34. The summed E-state index contributed by atoms with van der Waals surface area (Å²) in [6.45, 7) is 7.91. The predicted molar refractivity (Wildman–Crippen MR) is 276 cm³/mol. The van der Waals surface area contributed by atoms with Crippen molar-refractivity contribution in [1.29, 1.82) is 0 Å². The van der Waals surface area contributed by atoms with Crippen LogP contribution in [-0.2, 0) is 5.41 Å². The van der Waals surface area contributed by atoms with Gasteiger partial charge in [0.2, 0.25) is 0 Å². The van der Waals surface area contributed by atoms with Gasteiger partial charge in [-0.25, -0.2) is 0 Å². The Bertz CT molecular complexity index is 3280. The molecule has 66 heavy (non-hydrogen) atoms. The normalized spacial score (nSPS) is 29.9. The van der Waals surface area contributed by atoms with Gasteiger partial charge in [0.05, 0.1) is 5.69 Å². The van der Waals surface area contributed by atoms with Gasteiger partial charge in [-0.15, -0.1) is 11.8 Å². The monoisotopic (exact) mass is 873 g/mol. The van der Waals surface area contributed by atoms with Gasteiger partial charge in [-0.3, -0.25) is 0 Å². The maximum atomic E-state index is 6.69. The first kappa shape index (κ1) is 39.2. The molecule has 1 aliphatic heterocycles. The van der Waals surface area contributed by atoms with Crippen molar-refractivity contribution in [3.63, 3.8) is 0 Å². The van der Waals surface area contributed by atoms with Crippen molar-refractivity contribution < 1.29 is 4.42 Å². The Labute approximate surface area is 393 Å². The number of allylic oxidation sites excluding steroid dienone is 3. The molecule has 1 spiro atoms. The first-order valence-corrected chi connectivity index (χ1v) is 25.5. The maximum Gasteiger partial charge on any atom is 0.137 e. The molecule has 4 fully saturated rings. The molecule has 0 amide bonds. The van der Waals surface area contributed by atoms with Crippen LogP contribution in [0.5, 0.6) is 0 Å². The SMILES string of the molecule is C[C@H]1Sc2ccccc2C=C[C@@]1(C)C1C=C2c3c(N(c4ccc(-c5ccccc5)cc4)c4ccc5c(c4)oc4ccccc45)cc(-c4ccccc4)cc3C3(C4CC5CC(C4)CC3C5)C21C. The highest BCUT2D eigenvalue weighted by Gasteiger charge is 2.75. The van der Waals surface area contributed by atoms with Gasteiger partial charge >= 0.3 is 0 Å². The van der Waals surface area contributed by atoms with E-state index in [0.29, 0.717) is 23.0 Å². The maximum absolute atomic E-state index is 6.69. The highest BCUT2D eigenvalue weighted by Crippen LogP contribution is 2.82. The number of nitrogens with zero attached hydrogens (tertiary/aromatic N) is 1. The number of anilines is 3. The minimum absolute atomic E-state index is 0.0377. The zero-order valence-corrected chi connectivity index (χ0v) is 38.9. The Morgan fingerprint density at radius 2 is 1.20 bits per heavy atom. The Balaban J connectivity index is 1.04. The third kappa shape index (κ3) is 5.32. The predicted octanol–water partition coefficient (Wildman–Crippen LogP) is 17.3. The van der Waals surface area contributed by atoms with E-state index in [2.05, 4.69) is 219 Å². The molecular formula is C63H55NOS. The molecule has 0 radical (unpaired) electrons. The molecule has 2 unspecified atom stereocenters. The summed E-state index contributed by atoms with van der Waals surface area (Å²) in [7, 11) is 0. The number of fused-ring (bicyclic) bond motifs is 7. The minimum atomic E-state index is -0.0483. The number of hydrogen-bond acceptors (Lipinski definition) is 3. The number of furan rings is 1. The molecular weight excluding hydrogens is 819 g/mol. The fraction of sp³-hybridized carbons (Fsp3) is 0.270. The number of benzene rings is 7. The van der Waals surface area contributed by atoms with E-state index in [1.165, 1.54) is 76.1 Å². The van der Waals surface area contributed by atoms with Gasteiger partial charge in [0.15, 0.2) is 0 Å². The number of hydrogen-bond donors (Lipinski definition) is 0. The van der Waals surface area contributed by atoms with Gasteiger partial charge in [-0.05, 0) is 149 Å². The molecule has 7 aromatic carbocycles. The van der Waals surface area contributed by atoms with Crippen molar-refractivity contribution in [2.45, 2.75) is 68.4 Å². The standard InChI is InChI=1S/C63H55NOS/c1-39-61(2,29-28-45-18-10-13-21-58(45)66-39)59-38-53-60-54(63(62(53,59)3)47-31-40-30-41(33-47)34-48(63)32-40)35-46(43-16-8-5-9-17-43)36-55(60)64(49-24-22-44(23-25-49)42-14-6-4-7-15-42)50-26-27-52-51-19-11-12-20-56(51)65-57(52)37-50/h4-29,35-41,47-48,59H,30-34H2,1-3H3/t39-,40?,41?,47?,48?,59?,61-,62?,63?/m1/s1. The van der Waals surface area contributed by atoms with E-state index in [1.54, 1.807) is 11.1 Å². The summed E-state index contributed by atoms with van der Waals surface area (Å²) >= 11 is 2.09. The van der Waals surface area contributed by atoms with E-state index >= 15 is 0 Å². The largest absolute Gasteiger partial charge is 0.456 e. The van der Waals surface area contributed by atoms with Crippen LogP contribution in [0.15, 0.2) is 185 Å². The molecule has 0 saturated heterocycles. The molecule has 6 aliphatic carbocycles. The molecule has 1 aromatic heterocycles. The minimum Gasteiger partial charge on any atom is -0.456 e. The van der Waals surface area contributed by atoms with Gasteiger partial charge in [-0.2, -0.15) is 0 Å². The molecule has 2 heterocycles. The number of para-hydroxylation sites is 1. The second-order valence-corrected chi connectivity index (χ2v) is 22.6. The van der Waals surface area contributed by atoms with E-state index in [9.17, 15) is 0 Å². The Hall–Kier alpha value is -6.03. The van der Waals surface area contributed by atoms with Crippen LogP contribution in [0, 0.1) is 40.4 Å². The lowest BCUT2D eigenvalue weighted by molar-refractivity contribution is -0.123. The molecule has 4 atom stereocenters. The van der Waals surface area contributed by atoms with Crippen LogP contribution in [-0.4, -0.2) is 5.25 Å². The van der Waals surface area contributed by atoms with Gasteiger partial charge in [0.25, 0.3) is 0 Å². The third-order valence-corrected chi connectivity index (χ3v) is 19.7. The zero-order valence-electron chi connectivity index (χ0n) is 38.1. The summed E-state index contributed by atoms with van der Waals surface area (Å²) in [5, 5.41) is 2.72. The molecule has 4 bridgehead atoms. The van der Waals surface area contributed by atoms with Crippen LogP contribution >= 0.6 is 11.8 Å². The summed E-state index contributed by atoms with van der Waals surface area (Å²) in [4.78, 5) is 4.00. The zero-order chi connectivity index (χ0) is 43.9. The van der Waals surface area contributed by atoms with Crippen molar-refractivity contribution in [3.8, 4) is 22.3 Å². The average molecular weight is 874 g/mol. The second-order valence-electron chi connectivity index (χ2n) is 21.2.